The number of carbonyl (C=O) groups is 2. The van der Waals surface area contributed by atoms with Gasteiger partial charge in [-0.1, -0.05) is 24.3 Å². The molecular formula is C18H27N3O2. The molecule has 1 aromatic rings. The molecule has 0 saturated carbocycles. The highest BCUT2D eigenvalue weighted by Gasteiger charge is 2.25. The molecule has 0 spiro atoms. The number of fused-ring (bicyclic) bond motifs is 1. The van der Waals surface area contributed by atoms with Crippen molar-refractivity contribution in [3.05, 3.63) is 35.4 Å². The first kappa shape index (κ1) is 17.5. The summed E-state index contributed by atoms with van der Waals surface area (Å²) in [4.78, 5) is 25.9. The van der Waals surface area contributed by atoms with Gasteiger partial charge in [0.05, 0.1) is 6.54 Å². The fraction of sp³-hybridized carbons (Fsp3) is 0.556. The quantitative estimate of drug-likeness (QED) is 0.901. The third-order valence-electron chi connectivity index (χ3n) is 4.00. The Kier molecular flexibility index (Phi) is 5.42. The van der Waals surface area contributed by atoms with Crippen molar-refractivity contribution in [2.45, 2.75) is 51.6 Å². The number of hydrogen-bond acceptors (Lipinski definition) is 3. The Labute approximate surface area is 138 Å². The molecule has 0 radical (unpaired) electrons. The van der Waals surface area contributed by atoms with Crippen LogP contribution in [0, 0.1) is 0 Å². The van der Waals surface area contributed by atoms with Gasteiger partial charge in [0.15, 0.2) is 0 Å². The van der Waals surface area contributed by atoms with Crippen LogP contribution in [0.1, 0.15) is 50.8 Å². The van der Waals surface area contributed by atoms with Gasteiger partial charge >= 0.3 is 6.03 Å². The normalized spacial score (nSPS) is 17.5. The molecule has 1 aliphatic carbocycles. The topological polar surface area (TPSA) is 61.4 Å². The first-order valence-corrected chi connectivity index (χ1v) is 8.16. The van der Waals surface area contributed by atoms with E-state index in [0.717, 1.165) is 19.3 Å². The van der Waals surface area contributed by atoms with E-state index in [-0.39, 0.29) is 24.0 Å². The van der Waals surface area contributed by atoms with E-state index in [2.05, 4.69) is 28.8 Å². The molecule has 0 bridgehead atoms. The molecular weight excluding hydrogens is 290 g/mol. The molecule has 1 aromatic carbocycles. The van der Waals surface area contributed by atoms with Crippen molar-refractivity contribution in [2.24, 2.45) is 0 Å². The van der Waals surface area contributed by atoms with Crippen molar-refractivity contribution in [1.29, 1.82) is 0 Å². The van der Waals surface area contributed by atoms with Crippen molar-refractivity contribution in [1.82, 2.24) is 15.5 Å². The number of nitrogens with zero attached hydrogens (tertiary/aromatic N) is 1. The Bertz CT molecular complexity index is 578. The predicted octanol–water partition coefficient (Wildman–Crippen LogP) is 2.62. The standard InChI is InChI=1S/C18H27N3O2/c1-18(2,3)20-17(23)19-16(22)12-21(4)15-11-7-9-13-8-5-6-10-14(13)15/h5-6,8,10,15H,7,9,11-12H2,1-4H3,(H2,19,20,22,23)/t15-/m1/s1. The molecule has 23 heavy (non-hydrogen) atoms. The zero-order valence-electron chi connectivity index (χ0n) is 14.5. The first-order valence-electron chi connectivity index (χ1n) is 8.16. The molecule has 0 fully saturated rings. The van der Waals surface area contributed by atoms with Crippen LogP contribution in [0.2, 0.25) is 0 Å². The van der Waals surface area contributed by atoms with Crippen molar-refractivity contribution in [2.75, 3.05) is 13.6 Å². The monoisotopic (exact) mass is 317 g/mol. The largest absolute Gasteiger partial charge is 0.333 e. The zero-order valence-corrected chi connectivity index (χ0v) is 14.5. The van der Waals surface area contributed by atoms with E-state index in [1.165, 1.54) is 11.1 Å². The second kappa shape index (κ2) is 7.13. The molecule has 2 N–H and O–H groups in total. The molecule has 0 unspecified atom stereocenters. The summed E-state index contributed by atoms with van der Waals surface area (Å²) in [5, 5.41) is 5.13. The number of hydrogen-bond donors (Lipinski definition) is 2. The van der Waals surface area contributed by atoms with Crippen molar-refractivity contribution in [3.63, 3.8) is 0 Å². The summed E-state index contributed by atoms with van der Waals surface area (Å²) in [7, 11) is 1.94. The van der Waals surface area contributed by atoms with Crippen LogP contribution in [0.4, 0.5) is 4.79 Å². The van der Waals surface area contributed by atoms with E-state index in [0.29, 0.717) is 0 Å². The average Bonchev–Trinajstić information content (AvgIpc) is 2.44. The molecule has 0 saturated heterocycles. The third kappa shape index (κ3) is 5.06. The maximum atomic E-state index is 12.1. The van der Waals surface area contributed by atoms with Crippen LogP contribution in [0.5, 0.6) is 0 Å². The SMILES string of the molecule is CN(CC(=O)NC(=O)NC(C)(C)C)[C@@H]1CCCc2ccccc21. The molecule has 5 nitrogen and oxygen atoms in total. The van der Waals surface area contributed by atoms with Crippen LogP contribution in [0.3, 0.4) is 0 Å². The fourth-order valence-electron chi connectivity index (χ4n) is 3.06. The van der Waals surface area contributed by atoms with Crippen LogP contribution >= 0.6 is 0 Å². The lowest BCUT2D eigenvalue weighted by atomic mass is 9.87. The minimum Gasteiger partial charge on any atom is -0.333 e. The van der Waals surface area contributed by atoms with E-state index < -0.39 is 6.03 Å². The Morgan fingerprint density at radius 1 is 1.26 bits per heavy atom. The Hall–Kier alpha value is -1.88. The number of nitrogens with one attached hydrogen (secondary N) is 2. The summed E-state index contributed by atoms with van der Waals surface area (Å²) < 4.78 is 0. The van der Waals surface area contributed by atoms with Gasteiger partial charge in [0.25, 0.3) is 0 Å². The Balaban J connectivity index is 1.93. The van der Waals surface area contributed by atoms with Gasteiger partial charge in [-0.2, -0.15) is 0 Å². The van der Waals surface area contributed by atoms with E-state index in [4.69, 9.17) is 0 Å². The van der Waals surface area contributed by atoms with Crippen LogP contribution < -0.4 is 10.6 Å². The molecule has 3 amide bonds. The first-order chi connectivity index (χ1) is 10.8. The number of imide groups is 1. The number of likely N-dealkylation sites (N-methyl/N-ethyl adjacent to an activating group) is 1. The van der Waals surface area contributed by atoms with Gasteiger partial charge in [0.2, 0.25) is 5.91 Å². The molecule has 0 aromatic heterocycles. The highest BCUT2D eigenvalue weighted by molar-refractivity contribution is 5.95. The number of amides is 3. The molecule has 1 atom stereocenters. The number of urea groups is 1. The Morgan fingerprint density at radius 2 is 1.96 bits per heavy atom. The fourth-order valence-corrected chi connectivity index (χ4v) is 3.06. The van der Waals surface area contributed by atoms with Gasteiger partial charge in [-0.05, 0) is 58.2 Å². The molecule has 126 valence electrons. The van der Waals surface area contributed by atoms with Gasteiger partial charge in [-0.3, -0.25) is 15.0 Å². The van der Waals surface area contributed by atoms with Gasteiger partial charge < -0.3 is 5.32 Å². The van der Waals surface area contributed by atoms with Crippen LogP contribution in [0.15, 0.2) is 24.3 Å². The van der Waals surface area contributed by atoms with Gasteiger partial charge in [-0.25, -0.2) is 4.79 Å². The minimum atomic E-state index is -0.444. The number of rotatable bonds is 3. The highest BCUT2D eigenvalue weighted by atomic mass is 16.2. The average molecular weight is 317 g/mol. The van der Waals surface area contributed by atoms with Gasteiger partial charge in [0, 0.05) is 11.6 Å². The van der Waals surface area contributed by atoms with E-state index in [1.54, 1.807) is 0 Å². The maximum Gasteiger partial charge on any atom is 0.321 e. The minimum absolute atomic E-state index is 0.205. The Morgan fingerprint density at radius 3 is 2.65 bits per heavy atom. The summed E-state index contributed by atoms with van der Waals surface area (Å²) in [6, 6.07) is 8.19. The van der Waals surface area contributed by atoms with Crippen LogP contribution in [0.25, 0.3) is 0 Å². The molecule has 0 aliphatic heterocycles. The molecule has 1 aliphatic rings. The predicted molar refractivity (Wildman–Crippen MR) is 91.2 cm³/mol. The molecule has 5 heteroatoms. The lowest BCUT2D eigenvalue weighted by Crippen LogP contribution is -2.50. The molecule has 0 heterocycles. The summed E-state index contributed by atoms with van der Waals surface area (Å²) in [6.07, 6.45) is 3.26. The third-order valence-corrected chi connectivity index (χ3v) is 4.00. The zero-order chi connectivity index (χ0) is 17.0. The second-order valence-corrected chi connectivity index (χ2v) is 7.27. The van der Waals surface area contributed by atoms with Gasteiger partial charge in [-0.15, -0.1) is 0 Å². The van der Waals surface area contributed by atoms with Crippen molar-refractivity contribution >= 4 is 11.9 Å². The number of aryl methyl sites for hydroxylation is 1. The number of carbonyl (C=O) groups excluding carboxylic acids is 2. The molecule has 2 rings (SSSR count). The maximum absolute atomic E-state index is 12.1. The van der Waals surface area contributed by atoms with E-state index in [1.807, 2.05) is 38.8 Å². The van der Waals surface area contributed by atoms with Gasteiger partial charge in [0.1, 0.15) is 0 Å². The summed E-state index contributed by atoms with van der Waals surface area (Å²) in [5.41, 5.74) is 2.30. The number of benzene rings is 1. The highest BCUT2D eigenvalue weighted by Crippen LogP contribution is 2.33. The van der Waals surface area contributed by atoms with Crippen LogP contribution in [-0.2, 0) is 11.2 Å². The summed E-state index contributed by atoms with van der Waals surface area (Å²) in [5.74, 6) is -0.280. The summed E-state index contributed by atoms with van der Waals surface area (Å²) in [6.45, 7) is 5.84. The van der Waals surface area contributed by atoms with E-state index in [9.17, 15) is 9.59 Å². The van der Waals surface area contributed by atoms with Crippen molar-refractivity contribution in [3.8, 4) is 0 Å². The lowest BCUT2D eigenvalue weighted by molar-refractivity contribution is -0.121. The second-order valence-electron chi connectivity index (χ2n) is 7.27. The lowest BCUT2D eigenvalue weighted by Gasteiger charge is -2.32. The smallest absolute Gasteiger partial charge is 0.321 e. The summed E-state index contributed by atoms with van der Waals surface area (Å²) >= 11 is 0. The van der Waals surface area contributed by atoms with Crippen LogP contribution in [-0.4, -0.2) is 36.0 Å². The van der Waals surface area contributed by atoms with E-state index >= 15 is 0 Å². The van der Waals surface area contributed by atoms with Crippen molar-refractivity contribution < 1.29 is 9.59 Å².